The van der Waals surface area contributed by atoms with Gasteiger partial charge in [-0.15, -0.1) is 0 Å². The van der Waals surface area contributed by atoms with E-state index in [1.807, 2.05) is 19.0 Å². The van der Waals surface area contributed by atoms with Crippen LogP contribution in [0.15, 0.2) is 48.6 Å². The Bertz CT molecular complexity index is 829. The number of ether oxygens (including phenoxy) is 2. The number of hydrogen-bond acceptors (Lipinski definition) is 5. The van der Waals surface area contributed by atoms with Crippen LogP contribution in [0, 0.1) is 0 Å². The van der Waals surface area contributed by atoms with Crippen LogP contribution >= 0.6 is 0 Å². The van der Waals surface area contributed by atoms with Gasteiger partial charge >= 0.3 is 11.9 Å². The van der Waals surface area contributed by atoms with E-state index in [2.05, 4.69) is 62.5 Å². The smallest absolute Gasteiger partial charge is 0.306 e. The van der Waals surface area contributed by atoms with E-state index < -0.39 is 6.10 Å². The van der Waals surface area contributed by atoms with Gasteiger partial charge in [-0.1, -0.05) is 140 Å². The molecule has 48 heavy (non-hydrogen) atoms. The molecule has 278 valence electrons. The van der Waals surface area contributed by atoms with Gasteiger partial charge in [-0.2, -0.15) is 0 Å². The predicted octanol–water partition coefficient (Wildman–Crippen LogP) is 12.4. The first-order chi connectivity index (χ1) is 23.5. The topological polar surface area (TPSA) is 55.8 Å². The molecule has 5 heteroatoms. The van der Waals surface area contributed by atoms with Crippen LogP contribution in [-0.4, -0.2) is 50.2 Å². The van der Waals surface area contributed by atoms with Gasteiger partial charge in [0.15, 0.2) is 0 Å². The lowest BCUT2D eigenvalue weighted by atomic mass is 10.1. The SMILES string of the molecule is CCCCC/C=C\C/C=C\CCCCCCCCC(=O)OCC(CN(C)C)OC(=O)CCCCCCCC/C=C\C/C=C\CCCCC. The van der Waals surface area contributed by atoms with Gasteiger partial charge in [0.1, 0.15) is 12.7 Å². The molecule has 5 nitrogen and oxygen atoms in total. The molecule has 0 amide bonds. The highest BCUT2D eigenvalue weighted by Gasteiger charge is 2.18. The summed E-state index contributed by atoms with van der Waals surface area (Å²) >= 11 is 0. The van der Waals surface area contributed by atoms with Crippen molar-refractivity contribution in [2.24, 2.45) is 0 Å². The summed E-state index contributed by atoms with van der Waals surface area (Å²) in [6, 6.07) is 0. The Hall–Kier alpha value is -2.14. The molecule has 1 unspecified atom stereocenters. The third-order valence-electron chi connectivity index (χ3n) is 8.46. The zero-order valence-electron chi connectivity index (χ0n) is 32.1. The van der Waals surface area contributed by atoms with E-state index >= 15 is 0 Å². The summed E-state index contributed by atoms with van der Waals surface area (Å²) in [5, 5.41) is 0. The Morgan fingerprint density at radius 1 is 0.500 bits per heavy atom. The van der Waals surface area contributed by atoms with Gasteiger partial charge in [-0.25, -0.2) is 0 Å². The summed E-state index contributed by atoms with van der Waals surface area (Å²) < 4.78 is 11.2. The lowest BCUT2D eigenvalue weighted by molar-refractivity contribution is -0.160. The quantitative estimate of drug-likeness (QED) is 0.0381. The molecule has 0 rings (SSSR count). The fourth-order valence-corrected chi connectivity index (χ4v) is 5.55. The summed E-state index contributed by atoms with van der Waals surface area (Å²) in [5.41, 5.74) is 0. The molecular weight excluding hydrogens is 594 g/mol. The maximum atomic E-state index is 12.5. The van der Waals surface area contributed by atoms with Gasteiger partial charge < -0.3 is 14.4 Å². The van der Waals surface area contributed by atoms with Crippen molar-refractivity contribution in [1.82, 2.24) is 4.90 Å². The van der Waals surface area contributed by atoms with E-state index in [4.69, 9.17) is 9.47 Å². The van der Waals surface area contributed by atoms with Gasteiger partial charge in [-0.05, 0) is 91.1 Å². The number of likely N-dealkylation sites (N-methyl/N-ethyl adjacent to an activating group) is 1. The number of esters is 2. The van der Waals surface area contributed by atoms with Crippen LogP contribution in [0.1, 0.15) is 181 Å². The number of carbonyl (C=O) groups is 2. The minimum Gasteiger partial charge on any atom is -0.462 e. The van der Waals surface area contributed by atoms with Crippen molar-refractivity contribution in [3.05, 3.63) is 48.6 Å². The second kappa shape index (κ2) is 37.7. The Balaban J connectivity index is 3.81. The molecule has 1 atom stereocenters. The molecule has 0 bridgehead atoms. The molecule has 0 N–H and O–H groups in total. The number of allylic oxidation sites excluding steroid dienone is 8. The first-order valence-corrected chi connectivity index (χ1v) is 20.1. The highest BCUT2D eigenvalue weighted by molar-refractivity contribution is 5.70. The fourth-order valence-electron chi connectivity index (χ4n) is 5.55. The average Bonchev–Trinajstić information content (AvgIpc) is 3.06. The number of rotatable bonds is 35. The standard InChI is InChI=1S/C43H77NO4/c1-5-7-9-11-13-15-17-19-21-23-25-27-29-31-33-35-37-42(45)47-40-41(39-44(3)4)48-43(46)38-36-34-32-30-28-26-24-22-20-18-16-14-12-10-8-6-2/h13-16,19-22,41H,5-12,17-18,23-40H2,1-4H3/b15-13-,16-14-,21-19-,22-20-. The first kappa shape index (κ1) is 45.9. The van der Waals surface area contributed by atoms with E-state index in [1.165, 1.54) is 89.9 Å². The monoisotopic (exact) mass is 672 g/mol. The minimum atomic E-state index is -0.420. The predicted molar refractivity (Wildman–Crippen MR) is 207 cm³/mol. The van der Waals surface area contributed by atoms with Gasteiger partial charge in [0, 0.05) is 19.4 Å². The molecule has 0 aromatic rings. The van der Waals surface area contributed by atoms with Gasteiger partial charge in [-0.3, -0.25) is 9.59 Å². The lowest BCUT2D eigenvalue weighted by Crippen LogP contribution is -2.34. The Labute approximate surface area is 298 Å². The maximum absolute atomic E-state index is 12.5. The van der Waals surface area contributed by atoms with Crippen LogP contribution in [0.4, 0.5) is 0 Å². The largest absolute Gasteiger partial charge is 0.462 e. The van der Waals surface area contributed by atoms with E-state index in [-0.39, 0.29) is 18.5 Å². The lowest BCUT2D eigenvalue weighted by Gasteiger charge is -2.21. The van der Waals surface area contributed by atoms with Crippen LogP contribution < -0.4 is 0 Å². The summed E-state index contributed by atoms with van der Waals surface area (Å²) in [6.45, 7) is 5.17. The molecule has 0 radical (unpaired) electrons. The van der Waals surface area contributed by atoms with Crippen molar-refractivity contribution >= 4 is 11.9 Å². The van der Waals surface area contributed by atoms with Crippen LogP contribution in [0.25, 0.3) is 0 Å². The molecule has 0 aliphatic heterocycles. The highest BCUT2D eigenvalue weighted by Crippen LogP contribution is 2.12. The summed E-state index contributed by atoms with van der Waals surface area (Å²) in [6.07, 6.45) is 47.1. The molecule has 0 saturated heterocycles. The number of nitrogens with zero attached hydrogens (tertiary/aromatic N) is 1. The Morgan fingerprint density at radius 2 is 0.875 bits per heavy atom. The Morgan fingerprint density at radius 3 is 1.29 bits per heavy atom. The molecular formula is C43H77NO4. The maximum Gasteiger partial charge on any atom is 0.306 e. The van der Waals surface area contributed by atoms with Crippen molar-refractivity contribution in [2.45, 2.75) is 187 Å². The first-order valence-electron chi connectivity index (χ1n) is 20.1. The number of hydrogen-bond donors (Lipinski definition) is 0. The number of unbranched alkanes of at least 4 members (excludes halogenated alkanes) is 18. The van der Waals surface area contributed by atoms with Crippen molar-refractivity contribution < 1.29 is 19.1 Å². The molecule has 0 spiro atoms. The zero-order chi connectivity index (χ0) is 35.2. The third-order valence-corrected chi connectivity index (χ3v) is 8.46. The molecule has 0 aromatic carbocycles. The molecule has 0 aliphatic carbocycles. The fraction of sp³-hybridized carbons (Fsp3) is 0.767. The molecule has 0 aromatic heterocycles. The van der Waals surface area contributed by atoms with Gasteiger partial charge in [0.25, 0.3) is 0 Å². The van der Waals surface area contributed by atoms with E-state index in [0.717, 1.165) is 64.2 Å². The zero-order valence-corrected chi connectivity index (χ0v) is 32.1. The van der Waals surface area contributed by atoms with Crippen LogP contribution in [-0.2, 0) is 19.1 Å². The molecule has 0 heterocycles. The summed E-state index contributed by atoms with van der Waals surface area (Å²) in [4.78, 5) is 26.7. The van der Waals surface area contributed by atoms with E-state index in [0.29, 0.717) is 19.4 Å². The van der Waals surface area contributed by atoms with Crippen LogP contribution in [0.3, 0.4) is 0 Å². The second-order valence-electron chi connectivity index (χ2n) is 13.7. The van der Waals surface area contributed by atoms with Crippen molar-refractivity contribution in [1.29, 1.82) is 0 Å². The van der Waals surface area contributed by atoms with Crippen LogP contribution in [0.2, 0.25) is 0 Å². The number of carbonyl (C=O) groups excluding carboxylic acids is 2. The molecule has 0 aliphatic rings. The van der Waals surface area contributed by atoms with Crippen LogP contribution in [0.5, 0.6) is 0 Å². The van der Waals surface area contributed by atoms with Gasteiger partial charge in [0.2, 0.25) is 0 Å². The van der Waals surface area contributed by atoms with Crippen molar-refractivity contribution in [3.8, 4) is 0 Å². The summed E-state index contributed by atoms with van der Waals surface area (Å²) in [7, 11) is 3.88. The van der Waals surface area contributed by atoms with Gasteiger partial charge in [0.05, 0.1) is 0 Å². The third kappa shape index (κ3) is 36.7. The molecule has 0 saturated carbocycles. The Kier molecular flexibility index (Phi) is 36.0. The van der Waals surface area contributed by atoms with Crippen molar-refractivity contribution in [3.63, 3.8) is 0 Å². The van der Waals surface area contributed by atoms with Crippen molar-refractivity contribution in [2.75, 3.05) is 27.2 Å². The minimum absolute atomic E-state index is 0.134. The molecule has 0 fully saturated rings. The van der Waals surface area contributed by atoms with E-state index in [1.54, 1.807) is 0 Å². The highest BCUT2D eigenvalue weighted by atomic mass is 16.6. The van der Waals surface area contributed by atoms with E-state index in [9.17, 15) is 9.59 Å². The normalized spacial score (nSPS) is 12.8. The summed E-state index contributed by atoms with van der Waals surface area (Å²) in [5.74, 6) is -0.378. The average molecular weight is 672 g/mol. The second-order valence-corrected chi connectivity index (χ2v) is 13.7.